The number of halogens is 1. The molecule has 0 fully saturated rings. The van der Waals surface area contributed by atoms with Crippen LogP contribution in [0.4, 0.5) is 4.39 Å². The number of Topliss-reactive ketones (excluding diaryl/α,β-unsaturated/α-hetero) is 1. The van der Waals surface area contributed by atoms with E-state index in [0.717, 1.165) is 11.1 Å². The number of carbonyl (C=O) groups excluding carboxylic acids is 2. The fourth-order valence-electron chi connectivity index (χ4n) is 2.17. The second-order valence-corrected chi connectivity index (χ2v) is 5.63. The van der Waals surface area contributed by atoms with Gasteiger partial charge in [-0.05, 0) is 61.7 Å². The molecule has 0 aliphatic heterocycles. The van der Waals surface area contributed by atoms with Gasteiger partial charge in [0.05, 0.1) is 0 Å². The number of hydrogen-bond donors (Lipinski definition) is 0. The normalized spacial score (nSPS) is 12.2. The lowest BCUT2D eigenvalue weighted by Crippen LogP contribution is -2.23. The van der Waals surface area contributed by atoms with E-state index < -0.39 is 12.1 Å². The molecule has 0 aliphatic rings. The summed E-state index contributed by atoms with van der Waals surface area (Å²) < 4.78 is 18.2. The van der Waals surface area contributed by atoms with Crippen LogP contribution in [0.5, 0.6) is 0 Å². The van der Waals surface area contributed by atoms with E-state index in [-0.39, 0.29) is 11.6 Å². The molecule has 124 valence electrons. The van der Waals surface area contributed by atoms with Gasteiger partial charge in [-0.25, -0.2) is 9.18 Å². The molecule has 1 atom stereocenters. The van der Waals surface area contributed by atoms with E-state index in [2.05, 4.69) is 0 Å². The summed E-state index contributed by atoms with van der Waals surface area (Å²) in [7, 11) is 0. The average molecular weight is 326 g/mol. The van der Waals surface area contributed by atoms with Gasteiger partial charge in [0.2, 0.25) is 5.78 Å². The number of hydrogen-bond acceptors (Lipinski definition) is 3. The predicted octanol–water partition coefficient (Wildman–Crippen LogP) is 4.27. The third-order valence-corrected chi connectivity index (χ3v) is 3.71. The van der Waals surface area contributed by atoms with Crippen molar-refractivity contribution in [3.63, 3.8) is 0 Å². The topological polar surface area (TPSA) is 43.4 Å². The van der Waals surface area contributed by atoms with Gasteiger partial charge in [-0.3, -0.25) is 4.79 Å². The van der Waals surface area contributed by atoms with Crippen molar-refractivity contribution in [3.8, 4) is 0 Å². The highest BCUT2D eigenvalue weighted by Gasteiger charge is 2.18. The monoisotopic (exact) mass is 326 g/mol. The average Bonchev–Trinajstić information content (AvgIpc) is 2.55. The maximum atomic E-state index is 13.1. The first-order valence-electron chi connectivity index (χ1n) is 7.62. The first-order valence-corrected chi connectivity index (χ1v) is 7.62. The zero-order valence-electron chi connectivity index (χ0n) is 13.9. The second kappa shape index (κ2) is 7.68. The lowest BCUT2D eigenvalue weighted by atomic mass is 10.0. The second-order valence-electron chi connectivity index (χ2n) is 5.63. The molecule has 0 bridgehead atoms. The summed E-state index contributed by atoms with van der Waals surface area (Å²) in [6.45, 7) is 5.42. The minimum absolute atomic E-state index is 0.259. The zero-order valence-corrected chi connectivity index (χ0v) is 13.9. The van der Waals surface area contributed by atoms with Crippen molar-refractivity contribution in [1.29, 1.82) is 0 Å². The van der Waals surface area contributed by atoms with Gasteiger partial charge >= 0.3 is 5.97 Å². The van der Waals surface area contributed by atoms with Gasteiger partial charge in [-0.15, -0.1) is 0 Å². The van der Waals surface area contributed by atoms with Crippen LogP contribution in [-0.4, -0.2) is 17.9 Å². The van der Waals surface area contributed by atoms with Crippen LogP contribution in [0.3, 0.4) is 0 Å². The highest BCUT2D eigenvalue weighted by molar-refractivity contribution is 6.01. The Morgan fingerprint density at radius 1 is 1.08 bits per heavy atom. The molecule has 0 amide bonds. The SMILES string of the molecule is Cc1ccc(C(=O)[C@@H](C)OC(=O)/C=C/c2cccc(F)c2)cc1C. The minimum atomic E-state index is -0.892. The smallest absolute Gasteiger partial charge is 0.331 e. The van der Waals surface area contributed by atoms with Crippen LogP contribution in [0.15, 0.2) is 48.5 Å². The first-order chi connectivity index (χ1) is 11.4. The number of rotatable bonds is 5. The molecular weight excluding hydrogens is 307 g/mol. The standard InChI is InChI=1S/C20H19FO3/c1-13-7-9-17(11-14(13)2)20(23)15(3)24-19(22)10-8-16-5-4-6-18(21)12-16/h4-12,15H,1-3H3/b10-8+/t15-/m1/s1. The maximum absolute atomic E-state index is 13.1. The van der Waals surface area contributed by atoms with Crippen LogP contribution >= 0.6 is 0 Å². The number of aryl methyl sites for hydroxylation is 2. The molecule has 0 saturated heterocycles. The van der Waals surface area contributed by atoms with Crippen molar-refractivity contribution >= 4 is 17.8 Å². The van der Waals surface area contributed by atoms with Gasteiger partial charge in [0, 0.05) is 11.6 Å². The highest BCUT2D eigenvalue weighted by atomic mass is 19.1. The third-order valence-electron chi connectivity index (χ3n) is 3.71. The van der Waals surface area contributed by atoms with Gasteiger partial charge < -0.3 is 4.74 Å². The van der Waals surface area contributed by atoms with Gasteiger partial charge in [-0.1, -0.05) is 24.3 Å². The quantitative estimate of drug-likeness (QED) is 0.468. The molecule has 0 N–H and O–H groups in total. The van der Waals surface area contributed by atoms with Crippen molar-refractivity contribution in [2.45, 2.75) is 26.9 Å². The lowest BCUT2D eigenvalue weighted by molar-refractivity contribution is -0.140. The van der Waals surface area contributed by atoms with Crippen LogP contribution in [0.1, 0.15) is 34.0 Å². The van der Waals surface area contributed by atoms with E-state index in [9.17, 15) is 14.0 Å². The van der Waals surface area contributed by atoms with Gasteiger partial charge in [-0.2, -0.15) is 0 Å². The Kier molecular flexibility index (Phi) is 5.64. The molecule has 24 heavy (non-hydrogen) atoms. The molecule has 0 saturated carbocycles. The molecule has 0 radical (unpaired) electrons. The molecule has 4 heteroatoms. The fraction of sp³-hybridized carbons (Fsp3) is 0.200. The number of ether oxygens (including phenoxy) is 1. The molecule has 3 nitrogen and oxygen atoms in total. The summed E-state index contributed by atoms with van der Waals surface area (Å²) in [5, 5.41) is 0. The van der Waals surface area contributed by atoms with E-state index in [4.69, 9.17) is 4.74 Å². The molecule has 0 aromatic heterocycles. The van der Waals surface area contributed by atoms with E-state index >= 15 is 0 Å². The zero-order chi connectivity index (χ0) is 17.7. The van der Waals surface area contributed by atoms with Gasteiger partial charge in [0.15, 0.2) is 6.10 Å². The Hall–Kier alpha value is -2.75. The molecule has 2 rings (SSSR count). The Morgan fingerprint density at radius 2 is 1.83 bits per heavy atom. The number of benzene rings is 2. The van der Waals surface area contributed by atoms with Crippen molar-refractivity contribution in [1.82, 2.24) is 0 Å². The molecule has 2 aromatic rings. The van der Waals surface area contributed by atoms with Crippen molar-refractivity contribution in [3.05, 3.63) is 76.6 Å². The lowest BCUT2D eigenvalue weighted by Gasteiger charge is -2.12. The van der Waals surface area contributed by atoms with E-state index in [0.29, 0.717) is 11.1 Å². The third kappa shape index (κ3) is 4.62. The first kappa shape index (κ1) is 17.6. The molecule has 0 spiro atoms. The Labute approximate surface area is 140 Å². The maximum Gasteiger partial charge on any atom is 0.331 e. The summed E-state index contributed by atoms with van der Waals surface area (Å²) in [6, 6.07) is 11.2. The highest BCUT2D eigenvalue weighted by Crippen LogP contribution is 2.13. The Morgan fingerprint density at radius 3 is 2.50 bits per heavy atom. The summed E-state index contributed by atoms with van der Waals surface area (Å²) in [4.78, 5) is 24.1. The summed E-state index contributed by atoms with van der Waals surface area (Å²) >= 11 is 0. The summed E-state index contributed by atoms with van der Waals surface area (Å²) in [6.07, 6.45) is 1.73. The van der Waals surface area contributed by atoms with Gasteiger partial charge in [0.1, 0.15) is 5.82 Å². The molecule has 0 heterocycles. The number of carbonyl (C=O) groups is 2. The fourth-order valence-corrected chi connectivity index (χ4v) is 2.17. The summed E-state index contributed by atoms with van der Waals surface area (Å²) in [5.74, 6) is -1.29. The minimum Gasteiger partial charge on any atom is -0.451 e. The van der Waals surface area contributed by atoms with Crippen LogP contribution in [0.2, 0.25) is 0 Å². The van der Waals surface area contributed by atoms with Crippen LogP contribution in [-0.2, 0) is 9.53 Å². The van der Waals surface area contributed by atoms with E-state index in [1.165, 1.54) is 31.2 Å². The van der Waals surface area contributed by atoms with E-state index in [1.54, 1.807) is 24.3 Å². The Bertz CT molecular complexity index is 793. The van der Waals surface area contributed by atoms with Crippen LogP contribution in [0.25, 0.3) is 6.08 Å². The van der Waals surface area contributed by atoms with Crippen LogP contribution < -0.4 is 0 Å². The van der Waals surface area contributed by atoms with Crippen molar-refractivity contribution < 1.29 is 18.7 Å². The molecule has 0 unspecified atom stereocenters. The predicted molar refractivity (Wildman–Crippen MR) is 91.2 cm³/mol. The van der Waals surface area contributed by atoms with Crippen molar-refractivity contribution in [2.75, 3.05) is 0 Å². The number of esters is 1. The van der Waals surface area contributed by atoms with Gasteiger partial charge in [0.25, 0.3) is 0 Å². The largest absolute Gasteiger partial charge is 0.451 e. The molecule has 2 aromatic carbocycles. The Balaban J connectivity index is 2.00. The molecular formula is C20H19FO3. The summed E-state index contributed by atoms with van der Waals surface area (Å²) in [5.41, 5.74) is 3.15. The molecule has 0 aliphatic carbocycles. The van der Waals surface area contributed by atoms with Crippen molar-refractivity contribution in [2.24, 2.45) is 0 Å². The number of ketones is 1. The van der Waals surface area contributed by atoms with Crippen LogP contribution in [0, 0.1) is 19.7 Å². The van der Waals surface area contributed by atoms with E-state index in [1.807, 2.05) is 19.9 Å².